The molecule has 0 radical (unpaired) electrons. The smallest absolute Gasteiger partial charge is 0.255 e. The van der Waals surface area contributed by atoms with Gasteiger partial charge >= 0.3 is 0 Å². The van der Waals surface area contributed by atoms with Gasteiger partial charge < -0.3 is 10.6 Å². The second-order valence-electron chi connectivity index (χ2n) is 6.31. The topological polar surface area (TPSA) is 79.3 Å². The van der Waals surface area contributed by atoms with Gasteiger partial charge in [0.25, 0.3) is 5.91 Å². The third-order valence-corrected chi connectivity index (χ3v) is 5.55. The van der Waals surface area contributed by atoms with Gasteiger partial charge in [-0.25, -0.2) is 13.1 Å². The van der Waals surface area contributed by atoms with Crippen molar-refractivity contribution in [3.05, 3.63) is 94.0 Å². The number of halogens is 1. The lowest BCUT2D eigenvalue weighted by Crippen LogP contribution is -2.12. The van der Waals surface area contributed by atoms with Gasteiger partial charge in [-0.1, -0.05) is 24.3 Å². The predicted octanol–water partition coefficient (Wildman–Crippen LogP) is 5.80. The van der Waals surface area contributed by atoms with Crippen LogP contribution in [0.25, 0.3) is 5.57 Å². The molecule has 1 amide bonds. The van der Waals surface area contributed by atoms with Crippen LogP contribution in [0, 0.1) is 6.92 Å². The molecule has 1 aromatic heterocycles. The fourth-order valence-electron chi connectivity index (χ4n) is 2.73. The Balaban J connectivity index is 1.54. The van der Waals surface area contributed by atoms with Crippen molar-refractivity contribution in [1.29, 1.82) is 0 Å². The highest BCUT2D eigenvalue weighted by atomic mass is 127. The molecule has 29 heavy (non-hydrogen) atoms. The van der Waals surface area contributed by atoms with Gasteiger partial charge in [0.15, 0.2) is 0 Å². The van der Waals surface area contributed by atoms with E-state index in [0.717, 1.165) is 22.5 Å². The van der Waals surface area contributed by atoms with E-state index >= 15 is 0 Å². The van der Waals surface area contributed by atoms with Gasteiger partial charge in [-0.2, -0.15) is 0 Å². The number of carbonyl (C=O) groups excluding carboxylic acids is 1. The Morgan fingerprint density at radius 3 is 2.72 bits per heavy atom. The summed E-state index contributed by atoms with van der Waals surface area (Å²) in [5.74, 6) is 0.341. The van der Waals surface area contributed by atoms with E-state index in [1.165, 1.54) is 0 Å². The van der Waals surface area contributed by atoms with Crippen molar-refractivity contribution in [2.45, 2.75) is 6.92 Å². The molecular weight excluding hydrogens is 477 g/mol. The third kappa shape index (κ3) is 4.80. The van der Waals surface area contributed by atoms with Crippen molar-refractivity contribution in [1.82, 2.24) is 9.97 Å². The highest BCUT2D eigenvalue weighted by Crippen LogP contribution is 2.25. The zero-order valence-electron chi connectivity index (χ0n) is 15.6. The summed E-state index contributed by atoms with van der Waals surface area (Å²) in [5.41, 5.74) is 4.95. The first-order valence-electron chi connectivity index (χ1n) is 8.96. The molecule has 2 heterocycles. The highest BCUT2D eigenvalue weighted by molar-refractivity contribution is 14.2. The minimum absolute atomic E-state index is 0.152. The maximum Gasteiger partial charge on any atom is 0.255 e. The zero-order chi connectivity index (χ0) is 20.1. The summed E-state index contributed by atoms with van der Waals surface area (Å²) in [4.78, 5) is 21.3. The summed E-state index contributed by atoms with van der Waals surface area (Å²) in [6, 6.07) is 16.7. The van der Waals surface area contributed by atoms with E-state index in [1.807, 2.05) is 55.6 Å². The molecule has 0 saturated heterocycles. The first-order valence-corrected chi connectivity index (χ1v) is 11.2. The van der Waals surface area contributed by atoms with Crippen molar-refractivity contribution in [2.24, 2.45) is 3.15 Å². The van der Waals surface area contributed by atoms with Crippen molar-refractivity contribution in [2.75, 3.05) is 10.6 Å². The van der Waals surface area contributed by atoms with Crippen LogP contribution in [0.2, 0.25) is 0 Å². The zero-order valence-corrected chi connectivity index (χ0v) is 17.8. The van der Waals surface area contributed by atoms with Gasteiger partial charge in [-0.15, -0.1) is 0 Å². The Bertz CT molecular complexity index is 1140. The maximum absolute atomic E-state index is 12.4. The maximum atomic E-state index is 12.4. The van der Waals surface area contributed by atoms with Crippen LogP contribution in [0.5, 0.6) is 0 Å². The van der Waals surface area contributed by atoms with Gasteiger partial charge in [0.1, 0.15) is 0 Å². The van der Waals surface area contributed by atoms with Crippen LogP contribution in [0.3, 0.4) is 0 Å². The normalized spacial score (nSPS) is 12.7. The molecule has 0 aliphatic carbocycles. The van der Waals surface area contributed by atoms with Crippen LogP contribution < -0.4 is 10.6 Å². The van der Waals surface area contributed by atoms with Crippen molar-refractivity contribution < 1.29 is 4.79 Å². The fraction of sp³-hybridized carbons (Fsp3) is 0.0455. The second kappa shape index (κ2) is 8.87. The molecule has 0 unspecified atom stereocenters. The highest BCUT2D eigenvalue weighted by Gasteiger charge is 2.09. The summed E-state index contributed by atoms with van der Waals surface area (Å²) in [5, 5.41) is 6.18. The van der Waals surface area contributed by atoms with Gasteiger partial charge in [-0.3, -0.25) is 4.79 Å². The summed E-state index contributed by atoms with van der Waals surface area (Å²) < 4.78 is 6.47. The van der Waals surface area contributed by atoms with Gasteiger partial charge in [0.2, 0.25) is 5.95 Å². The molecule has 3 aromatic rings. The Hall–Kier alpha value is -3.20. The first kappa shape index (κ1) is 19.1. The van der Waals surface area contributed by atoms with Crippen LogP contribution in [0.1, 0.15) is 21.6 Å². The van der Waals surface area contributed by atoms with Crippen LogP contribution in [0.4, 0.5) is 17.3 Å². The standard InChI is InChI=1S/C22H18IN5O/c1-15-7-8-18(26-21(29)16-5-3-2-4-6-16)13-20(15)28-22-24-12-10-19(27-22)17-9-11-23-25-14-17/h2-14H,1H3,(H,26,29)(H,24,27,28). The molecule has 0 fully saturated rings. The van der Waals surface area contributed by atoms with E-state index in [9.17, 15) is 4.79 Å². The summed E-state index contributed by atoms with van der Waals surface area (Å²) in [6.07, 6.45) is 5.64. The number of hydrogen-bond donors (Lipinski definition) is 2. The van der Waals surface area contributed by atoms with Crippen LogP contribution in [-0.2, 0) is 0 Å². The largest absolute Gasteiger partial charge is 0.324 e. The molecule has 0 saturated carbocycles. The van der Waals surface area contributed by atoms with E-state index in [2.05, 4.69) is 33.9 Å². The Kier molecular flexibility index (Phi) is 5.85. The molecule has 2 aromatic carbocycles. The molecule has 7 heteroatoms. The minimum Gasteiger partial charge on any atom is -0.324 e. The minimum atomic E-state index is -0.211. The number of nitrogens with zero attached hydrogens (tertiary/aromatic N) is 3. The first-order chi connectivity index (χ1) is 14.2. The number of benzene rings is 2. The number of rotatable bonds is 5. The molecule has 6 nitrogen and oxygen atoms in total. The number of anilines is 3. The third-order valence-electron chi connectivity index (χ3n) is 4.27. The Morgan fingerprint density at radius 1 is 1.07 bits per heavy atom. The number of carbonyl (C=O) groups is 1. The monoisotopic (exact) mass is 495 g/mol. The molecule has 4 rings (SSSR count). The summed E-state index contributed by atoms with van der Waals surface area (Å²) >= 11 is -0.211. The molecule has 2 N–H and O–H groups in total. The SMILES string of the molecule is Cc1ccc(NC(=O)c2ccccc2)cc1Nc1nccc(C2=CN=IC=C2)n1. The molecule has 0 bridgehead atoms. The number of aryl methyl sites for hydroxylation is 1. The number of hydrogen-bond acceptors (Lipinski definition) is 5. The van der Waals surface area contributed by atoms with Crippen LogP contribution in [-0.4, -0.2) is 15.9 Å². The van der Waals surface area contributed by atoms with E-state index < -0.39 is 0 Å². The lowest BCUT2D eigenvalue weighted by Gasteiger charge is -2.12. The molecule has 1 aliphatic heterocycles. The molecule has 0 atom stereocenters. The van der Waals surface area contributed by atoms with Crippen LogP contribution >= 0.6 is 21.0 Å². The Labute approximate surface area is 179 Å². The number of aromatic nitrogens is 2. The van der Waals surface area contributed by atoms with Crippen molar-refractivity contribution in [3.8, 4) is 0 Å². The Morgan fingerprint density at radius 2 is 1.93 bits per heavy atom. The van der Waals surface area contributed by atoms with Gasteiger partial charge in [-0.05, 0) is 53.0 Å². The average molecular weight is 495 g/mol. The lowest BCUT2D eigenvalue weighted by molar-refractivity contribution is 0.102. The fourth-order valence-corrected chi connectivity index (χ4v) is 3.93. The van der Waals surface area contributed by atoms with E-state index in [-0.39, 0.29) is 26.9 Å². The van der Waals surface area contributed by atoms with Crippen molar-refractivity contribution in [3.63, 3.8) is 0 Å². The summed E-state index contributed by atoms with van der Waals surface area (Å²) in [7, 11) is 0. The lowest BCUT2D eigenvalue weighted by atomic mass is 10.1. The van der Waals surface area contributed by atoms with Gasteiger partial charge in [0.05, 0.1) is 5.69 Å². The van der Waals surface area contributed by atoms with Crippen molar-refractivity contribution >= 4 is 49.8 Å². The molecule has 144 valence electrons. The summed E-state index contributed by atoms with van der Waals surface area (Å²) in [6.45, 7) is 1.99. The number of amides is 1. The van der Waals surface area contributed by atoms with E-state index in [1.54, 1.807) is 18.3 Å². The van der Waals surface area contributed by atoms with E-state index in [4.69, 9.17) is 0 Å². The van der Waals surface area contributed by atoms with Crippen LogP contribution in [0.15, 0.2) is 80.3 Å². The van der Waals surface area contributed by atoms with E-state index in [0.29, 0.717) is 17.2 Å². The predicted molar refractivity (Wildman–Crippen MR) is 124 cm³/mol. The molecule has 0 spiro atoms. The number of nitrogens with one attached hydrogen (secondary N) is 2. The molecular formula is C22H18IN5O. The second-order valence-corrected chi connectivity index (χ2v) is 8.15. The van der Waals surface area contributed by atoms with Gasteiger partial charge in [0, 0.05) is 55.9 Å². The molecule has 1 aliphatic rings. The number of allylic oxidation sites excluding steroid dienone is 2. The quantitative estimate of drug-likeness (QED) is 0.439. The average Bonchev–Trinajstić information content (AvgIpc) is 2.77.